The molecule has 0 amide bonds. The van der Waals surface area contributed by atoms with Crippen molar-refractivity contribution >= 4 is 5.88 Å². The van der Waals surface area contributed by atoms with E-state index in [1.807, 2.05) is 0 Å². The molecule has 1 rings (SSSR count). The molecule has 0 aliphatic heterocycles. The number of furan rings is 1. The fraction of sp³-hybridized carbons (Fsp3) is 0.429. The first-order chi connectivity index (χ1) is 6.15. The minimum Gasteiger partial charge on any atom is -0.403 e. The Morgan fingerprint density at radius 2 is 2.38 bits per heavy atom. The van der Waals surface area contributed by atoms with E-state index in [-0.39, 0.29) is 18.7 Å². The number of rotatable bonds is 4. The SMILES string of the molecule is NCCC(F)c1ccc([N+](=O)[O-])o1. The summed E-state index contributed by atoms with van der Waals surface area (Å²) in [5.41, 5.74) is 5.12. The molecule has 0 spiro atoms. The zero-order chi connectivity index (χ0) is 9.84. The zero-order valence-electron chi connectivity index (χ0n) is 6.77. The highest BCUT2D eigenvalue weighted by atomic mass is 19.1. The Balaban J connectivity index is 2.73. The van der Waals surface area contributed by atoms with E-state index in [1.165, 1.54) is 6.07 Å². The molecule has 1 aromatic rings. The fourth-order valence-corrected chi connectivity index (χ4v) is 0.897. The molecular formula is C7H9FN2O3. The first-order valence-electron chi connectivity index (χ1n) is 3.73. The van der Waals surface area contributed by atoms with Gasteiger partial charge in [0, 0.05) is 0 Å². The van der Waals surface area contributed by atoms with E-state index in [0.717, 1.165) is 6.07 Å². The van der Waals surface area contributed by atoms with Crippen LogP contribution in [0.25, 0.3) is 0 Å². The quantitative estimate of drug-likeness (QED) is 0.574. The van der Waals surface area contributed by atoms with Crippen molar-refractivity contribution in [2.75, 3.05) is 6.54 Å². The molecule has 0 radical (unpaired) electrons. The largest absolute Gasteiger partial charge is 0.433 e. The molecule has 0 fully saturated rings. The summed E-state index contributed by atoms with van der Waals surface area (Å²) in [6, 6.07) is 2.37. The third-order valence-corrected chi connectivity index (χ3v) is 1.52. The summed E-state index contributed by atoms with van der Waals surface area (Å²) in [4.78, 5) is 9.45. The summed E-state index contributed by atoms with van der Waals surface area (Å²) in [7, 11) is 0. The zero-order valence-corrected chi connectivity index (χ0v) is 6.77. The van der Waals surface area contributed by atoms with Crippen molar-refractivity contribution < 1.29 is 13.7 Å². The van der Waals surface area contributed by atoms with Crippen LogP contribution in [0.3, 0.4) is 0 Å². The number of nitrogens with two attached hydrogens (primary N) is 1. The fourth-order valence-electron chi connectivity index (χ4n) is 0.897. The van der Waals surface area contributed by atoms with Gasteiger partial charge >= 0.3 is 5.88 Å². The lowest BCUT2D eigenvalue weighted by atomic mass is 10.2. The Labute approximate surface area is 73.5 Å². The number of alkyl halides is 1. The van der Waals surface area contributed by atoms with Crippen molar-refractivity contribution in [3.63, 3.8) is 0 Å². The third kappa shape index (κ3) is 2.25. The molecule has 0 aliphatic carbocycles. The molecule has 1 unspecified atom stereocenters. The number of hydrogen-bond donors (Lipinski definition) is 1. The minimum absolute atomic E-state index is 0.0443. The number of nitro groups is 1. The van der Waals surface area contributed by atoms with Gasteiger partial charge in [-0.3, -0.25) is 10.1 Å². The summed E-state index contributed by atoms with van der Waals surface area (Å²) in [5, 5.41) is 10.2. The molecule has 13 heavy (non-hydrogen) atoms. The van der Waals surface area contributed by atoms with Crippen LogP contribution in [0.2, 0.25) is 0 Å². The van der Waals surface area contributed by atoms with Gasteiger partial charge in [0.2, 0.25) is 0 Å². The van der Waals surface area contributed by atoms with Gasteiger partial charge in [0.15, 0.2) is 6.17 Å². The van der Waals surface area contributed by atoms with Crippen molar-refractivity contribution in [1.82, 2.24) is 0 Å². The van der Waals surface area contributed by atoms with Crippen molar-refractivity contribution in [3.05, 3.63) is 28.0 Å². The van der Waals surface area contributed by atoms with E-state index in [4.69, 9.17) is 5.73 Å². The van der Waals surface area contributed by atoms with E-state index in [2.05, 4.69) is 4.42 Å². The minimum atomic E-state index is -1.36. The molecule has 0 saturated heterocycles. The average molecular weight is 188 g/mol. The highest BCUT2D eigenvalue weighted by Crippen LogP contribution is 2.25. The summed E-state index contributed by atoms with van der Waals surface area (Å²) in [5.74, 6) is -0.494. The molecule has 1 heterocycles. The van der Waals surface area contributed by atoms with Crippen LogP contribution in [0.4, 0.5) is 10.3 Å². The Hall–Kier alpha value is -1.43. The van der Waals surface area contributed by atoms with Gasteiger partial charge in [-0.25, -0.2) is 4.39 Å². The molecule has 0 saturated carbocycles. The second-order valence-electron chi connectivity index (χ2n) is 2.48. The summed E-state index contributed by atoms with van der Waals surface area (Å²) in [6.07, 6.45) is -1.26. The van der Waals surface area contributed by atoms with Gasteiger partial charge in [0.05, 0.1) is 6.07 Å². The number of nitrogens with zero attached hydrogens (tertiary/aromatic N) is 1. The van der Waals surface area contributed by atoms with Gasteiger partial charge in [0.25, 0.3) is 0 Å². The lowest BCUT2D eigenvalue weighted by Crippen LogP contribution is -2.02. The number of halogens is 1. The van der Waals surface area contributed by atoms with Crippen LogP contribution in [-0.4, -0.2) is 11.5 Å². The van der Waals surface area contributed by atoms with Crippen molar-refractivity contribution in [2.45, 2.75) is 12.6 Å². The van der Waals surface area contributed by atoms with Gasteiger partial charge < -0.3 is 10.2 Å². The molecule has 5 nitrogen and oxygen atoms in total. The predicted octanol–water partition coefficient (Wildman–Crippen LogP) is 1.55. The first-order valence-corrected chi connectivity index (χ1v) is 3.73. The second kappa shape index (κ2) is 3.99. The maximum Gasteiger partial charge on any atom is 0.433 e. The van der Waals surface area contributed by atoms with Crippen LogP contribution in [0.5, 0.6) is 0 Å². The van der Waals surface area contributed by atoms with Crippen LogP contribution in [-0.2, 0) is 0 Å². The molecule has 1 atom stereocenters. The van der Waals surface area contributed by atoms with E-state index in [9.17, 15) is 14.5 Å². The maximum atomic E-state index is 13.0. The monoisotopic (exact) mass is 188 g/mol. The van der Waals surface area contributed by atoms with Gasteiger partial charge in [-0.15, -0.1) is 0 Å². The van der Waals surface area contributed by atoms with Crippen LogP contribution >= 0.6 is 0 Å². The molecule has 1 aromatic heterocycles. The third-order valence-electron chi connectivity index (χ3n) is 1.52. The topological polar surface area (TPSA) is 82.3 Å². The van der Waals surface area contributed by atoms with E-state index in [0.29, 0.717) is 0 Å². The Morgan fingerprint density at radius 1 is 1.69 bits per heavy atom. The molecule has 0 bridgehead atoms. The Bertz CT molecular complexity index is 300. The lowest BCUT2D eigenvalue weighted by molar-refractivity contribution is -0.402. The Morgan fingerprint density at radius 3 is 2.85 bits per heavy atom. The van der Waals surface area contributed by atoms with E-state index in [1.54, 1.807) is 0 Å². The average Bonchev–Trinajstić information content (AvgIpc) is 2.52. The van der Waals surface area contributed by atoms with Gasteiger partial charge in [-0.1, -0.05) is 0 Å². The standard InChI is InChI=1S/C7H9FN2O3/c8-5(3-4-9)6-1-2-7(13-6)10(11)12/h1-2,5H,3-4,9H2. The first kappa shape index (κ1) is 9.66. The molecule has 2 N–H and O–H groups in total. The highest BCUT2D eigenvalue weighted by molar-refractivity contribution is 5.19. The van der Waals surface area contributed by atoms with Crippen molar-refractivity contribution in [3.8, 4) is 0 Å². The Kier molecular flexibility index (Phi) is 2.97. The van der Waals surface area contributed by atoms with E-state index < -0.39 is 17.0 Å². The van der Waals surface area contributed by atoms with Crippen LogP contribution in [0.15, 0.2) is 16.5 Å². The molecule has 72 valence electrons. The highest BCUT2D eigenvalue weighted by Gasteiger charge is 2.18. The van der Waals surface area contributed by atoms with Crippen molar-refractivity contribution in [2.24, 2.45) is 5.73 Å². The summed E-state index contributed by atoms with van der Waals surface area (Å²) < 4.78 is 17.6. The van der Waals surface area contributed by atoms with Gasteiger partial charge in [-0.2, -0.15) is 0 Å². The molecule has 6 heteroatoms. The van der Waals surface area contributed by atoms with Gasteiger partial charge in [-0.05, 0) is 19.0 Å². The van der Waals surface area contributed by atoms with Gasteiger partial charge in [0.1, 0.15) is 10.7 Å². The molecule has 0 aliphatic rings. The predicted molar refractivity (Wildman–Crippen MR) is 42.9 cm³/mol. The van der Waals surface area contributed by atoms with E-state index >= 15 is 0 Å². The van der Waals surface area contributed by atoms with Crippen LogP contribution in [0, 0.1) is 10.1 Å². The smallest absolute Gasteiger partial charge is 0.403 e. The number of hydrogen-bond acceptors (Lipinski definition) is 4. The molecular weight excluding hydrogens is 179 g/mol. The second-order valence-corrected chi connectivity index (χ2v) is 2.48. The van der Waals surface area contributed by atoms with Crippen LogP contribution < -0.4 is 5.73 Å². The normalized spacial score (nSPS) is 12.8. The molecule has 0 aromatic carbocycles. The lowest BCUT2D eigenvalue weighted by Gasteiger charge is -2.00. The summed E-state index contributed by atoms with van der Waals surface area (Å²) in [6.45, 7) is 0.176. The summed E-state index contributed by atoms with van der Waals surface area (Å²) >= 11 is 0. The van der Waals surface area contributed by atoms with Crippen LogP contribution in [0.1, 0.15) is 18.4 Å². The maximum absolute atomic E-state index is 13.0. The van der Waals surface area contributed by atoms with Crippen molar-refractivity contribution in [1.29, 1.82) is 0 Å².